The Kier molecular flexibility index (Phi) is 5.62. The number of thiocarbonyl (C=S) groups is 1. The number of hydrazine groups is 1. The van der Waals surface area contributed by atoms with E-state index >= 15 is 0 Å². The minimum absolute atomic E-state index is 0.0536. The molecule has 0 radical (unpaired) electrons. The van der Waals surface area contributed by atoms with Crippen LogP contribution in [0.3, 0.4) is 0 Å². The van der Waals surface area contributed by atoms with E-state index in [1.54, 1.807) is 19.1 Å². The van der Waals surface area contributed by atoms with Crippen molar-refractivity contribution < 1.29 is 14.3 Å². The van der Waals surface area contributed by atoms with Crippen LogP contribution in [0.15, 0.2) is 48.5 Å². The molecule has 1 heterocycles. The molecule has 0 bridgehead atoms. The van der Waals surface area contributed by atoms with Crippen molar-refractivity contribution in [1.82, 2.24) is 26.4 Å². The minimum atomic E-state index is -0.483. The Balaban J connectivity index is 1.47. The van der Waals surface area contributed by atoms with E-state index in [-0.39, 0.29) is 17.4 Å². The second-order valence-corrected chi connectivity index (χ2v) is 6.07. The van der Waals surface area contributed by atoms with Crippen molar-refractivity contribution in [1.29, 1.82) is 0 Å². The number of benzene rings is 2. The van der Waals surface area contributed by atoms with E-state index in [4.69, 9.17) is 17.0 Å². The van der Waals surface area contributed by atoms with Crippen LogP contribution in [0.5, 0.6) is 5.75 Å². The highest BCUT2D eigenvalue weighted by Crippen LogP contribution is 2.24. The number of ether oxygens (including phenoxy) is 1. The molecule has 0 aliphatic heterocycles. The molecule has 0 fully saturated rings. The van der Waals surface area contributed by atoms with Gasteiger partial charge in [-0.05, 0) is 36.7 Å². The van der Waals surface area contributed by atoms with Gasteiger partial charge in [-0.25, -0.2) is 0 Å². The summed E-state index contributed by atoms with van der Waals surface area (Å²) in [5, 5.41) is 10.8. The molecule has 9 heteroatoms. The van der Waals surface area contributed by atoms with Gasteiger partial charge in [-0.3, -0.25) is 30.9 Å². The molecule has 0 saturated carbocycles. The van der Waals surface area contributed by atoms with Gasteiger partial charge in [0, 0.05) is 11.1 Å². The summed E-state index contributed by atoms with van der Waals surface area (Å²) in [5.74, 6) is -0.336. The van der Waals surface area contributed by atoms with E-state index in [2.05, 4.69) is 26.4 Å². The number of hydrogen-bond donors (Lipinski definition) is 4. The van der Waals surface area contributed by atoms with Crippen molar-refractivity contribution in [2.24, 2.45) is 0 Å². The van der Waals surface area contributed by atoms with Gasteiger partial charge in [-0.15, -0.1) is 0 Å². The molecule has 2 aromatic carbocycles. The van der Waals surface area contributed by atoms with Gasteiger partial charge >= 0.3 is 0 Å². The number of amides is 2. The van der Waals surface area contributed by atoms with Crippen LogP contribution in [0.4, 0.5) is 0 Å². The summed E-state index contributed by atoms with van der Waals surface area (Å²) in [5.41, 5.74) is 5.74. The Hall–Kier alpha value is -3.46. The van der Waals surface area contributed by atoms with Gasteiger partial charge in [0.25, 0.3) is 11.8 Å². The van der Waals surface area contributed by atoms with Gasteiger partial charge < -0.3 is 4.74 Å². The number of rotatable bonds is 4. The number of aromatic amines is 1. The van der Waals surface area contributed by atoms with Crippen LogP contribution in [0.2, 0.25) is 0 Å². The number of nitrogens with zero attached hydrogens (tertiary/aromatic N) is 1. The maximum Gasteiger partial charge on any atom is 0.290 e. The van der Waals surface area contributed by atoms with Crippen molar-refractivity contribution in [2.45, 2.75) is 6.92 Å². The van der Waals surface area contributed by atoms with Gasteiger partial charge in [0.2, 0.25) is 0 Å². The van der Waals surface area contributed by atoms with E-state index in [1.807, 2.05) is 36.4 Å². The van der Waals surface area contributed by atoms with E-state index < -0.39 is 11.8 Å². The summed E-state index contributed by atoms with van der Waals surface area (Å²) in [6.07, 6.45) is 0. The van der Waals surface area contributed by atoms with Gasteiger partial charge in [0.05, 0.1) is 0 Å². The highest BCUT2D eigenvalue weighted by molar-refractivity contribution is 7.80. The molecule has 8 nitrogen and oxygen atoms in total. The number of aromatic nitrogens is 2. The Morgan fingerprint density at radius 1 is 1.15 bits per heavy atom. The Morgan fingerprint density at radius 2 is 1.93 bits per heavy atom. The van der Waals surface area contributed by atoms with Crippen LogP contribution in [-0.4, -0.2) is 33.7 Å². The van der Waals surface area contributed by atoms with Gasteiger partial charge in [0.1, 0.15) is 5.75 Å². The Morgan fingerprint density at radius 3 is 2.70 bits per heavy atom. The first-order valence-electron chi connectivity index (χ1n) is 8.05. The molecule has 2 amide bonds. The van der Waals surface area contributed by atoms with Crippen LogP contribution in [0.25, 0.3) is 10.8 Å². The first-order valence-corrected chi connectivity index (χ1v) is 8.46. The molecule has 3 rings (SSSR count). The Labute approximate surface area is 160 Å². The number of fused-ring (bicyclic) bond motifs is 1. The fourth-order valence-electron chi connectivity index (χ4n) is 2.37. The zero-order chi connectivity index (χ0) is 19.2. The zero-order valence-electron chi connectivity index (χ0n) is 14.4. The predicted molar refractivity (Wildman–Crippen MR) is 104 cm³/mol. The van der Waals surface area contributed by atoms with Crippen molar-refractivity contribution in [3.05, 3.63) is 59.9 Å². The number of carbonyl (C=O) groups is 2. The van der Waals surface area contributed by atoms with Crippen molar-refractivity contribution in [3.63, 3.8) is 0 Å². The molecule has 0 atom stereocenters. The third-order valence-electron chi connectivity index (χ3n) is 3.59. The minimum Gasteiger partial charge on any atom is -0.483 e. The maximum absolute atomic E-state index is 12.0. The lowest BCUT2D eigenvalue weighted by atomic mass is 10.1. The fraction of sp³-hybridized carbons (Fsp3) is 0.111. The topological polar surface area (TPSA) is 108 Å². The molecular formula is C18H17N5O3S. The van der Waals surface area contributed by atoms with E-state index in [0.717, 1.165) is 16.5 Å². The molecule has 0 spiro atoms. The zero-order valence-corrected chi connectivity index (χ0v) is 15.2. The lowest BCUT2D eigenvalue weighted by Crippen LogP contribution is -2.49. The highest BCUT2D eigenvalue weighted by Gasteiger charge is 2.11. The predicted octanol–water partition coefficient (Wildman–Crippen LogP) is 1.59. The average Bonchev–Trinajstić information content (AvgIpc) is 3.11. The lowest BCUT2D eigenvalue weighted by molar-refractivity contribution is -0.121. The van der Waals surface area contributed by atoms with E-state index in [0.29, 0.717) is 5.75 Å². The second-order valence-electron chi connectivity index (χ2n) is 5.66. The largest absolute Gasteiger partial charge is 0.483 e. The summed E-state index contributed by atoms with van der Waals surface area (Å²) in [6, 6.07) is 14.9. The third kappa shape index (κ3) is 4.79. The molecule has 0 saturated heterocycles. The molecular weight excluding hydrogens is 366 g/mol. The molecule has 4 N–H and O–H groups in total. The lowest BCUT2D eigenvalue weighted by Gasteiger charge is -2.11. The normalized spacial score (nSPS) is 10.3. The van der Waals surface area contributed by atoms with Crippen LogP contribution < -0.4 is 20.9 Å². The smallest absolute Gasteiger partial charge is 0.290 e. The van der Waals surface area contributed by atoms with Crippen LogP contribution in [-0.2, 0) is 4.79 Å². The number of carbonyl (C=O) groups excluding carboxylic acids is 2. The summed E-state index contributed by atoms with van der Waals surface area (Å²) in [7, 11) is 0. The number of aryl methyl sites for hydroxylation is 1. The summed E-state index contributed by atoms with van der Waals surface area (Å²) >= 11 is 4.97. The molecule has 27 heavy (non-hydrogen) atoms. The average molecular weight is 383 g/mol. The first-order chi connectivity index (χ1) is 13.0. The molecule has 0 aliphatic carbocycles. The van der Waals surface area contributed by atoms with Gasteiger partial charge in [0.15, 0.2) is 17.4 Å². The van der Waals surface area contributed by atoms with E-state index in [9.17, 15) is 9.59 Å². The first kappa shape index (κ1) is 18.3. The van der Waals surface area contributed by atoms with Crippen LogP contribution in [0, 0.1) is 6.92 Å². The van der Waals surface area contributed by atoms with E-state index in [1.165, 1.54) is 0 Å². The quantitative estimate of drug-likeness (QED) is 0.402. The van der Waals surface area contributed by atoms with Gasteiger partial charge in [-0.1, -0.05) is 36.4 Å². The van der Waals surface area contributed by atoms with Crippen LogP contribution in [0.1, 0.15) is 16.2 Å². The summed E-state index contributed by atoms with van der Waals surface area (Å²) < 4.78 is 5.58. The molecule has 1 aromatic heterocycles. The monoisotopic (exact) mass is 383 g/mol. The van der Waals surface area contributed by atoms with Crippen molar-refractivity contribution >= 4 is 39.9 Å². The van der Waals surface area contributed by atoms with Crippen molar-refractivity contribution in [3.8, 4) is 5.75 Å². The summed E-state index contributed by atoms with van der Waals surface area (Å²) in [4.78, 5) is 23.8. The molecule has 138 valence electrons. The third-order valence-corrected chi connectivity index (χ3v) is 3.79. The molecule has 3 aromatic rings. The summed E-state index contributed by atoms with van der Waals surface area (Å²) in [6.45, 7) is 1.56. The highest BCUT2D eigenvalue weighted by atomic mass is 32.1. The number of hydrogen-bond acceptors (Lipinski definition) is 5. The van der Waals surface area contributed by atoms with Crippen molar-refractivity contribution in [2.75, 3.05) is 6.61 Å². The van der Waals surface area contributed by atoms with Crippen LogP contribution >= 0.6 is 12.2 Å². The number of nitrogens with one attached hydrogen (secondary N) is 4. The fourth-order valence-corrected chi connectivity index (χ4v) is 2.54. The number of H-pyrrole nitrogens is 1. The molecule has 0 aliphatic rings. The maximum atomic E-state index is 12.0. The second kappa shape index (κ2) is 8.28. The SMILES string of the molecule is Cc1cc(C(=O)NNC(=S)NC(=O)COc2cccc3ccccc23)n[nH]1. The van der Waals surface area contributed by atoms with Gasteiger partial charge in [-0.2, -0.15) is 5.10 Å². The Bertz CT molecular complexity index is 996. The molecule has 0 unspecified atom stereocenters. The standard InChI is InChI=1S/C18H17N5O3S/c1-11-9-14(21-20-11)17(25)22-23-18(27)19-16(24)10-26-15-8-4-6-12-5-2-3-7-13(12)15/h2-9H,10H2,1H3,(H,20,21)(H,22,25)(H2,19,23,24,27).